The molecule has 4 nitrogen and oxygen atoms in total. The summed E-state index contributed by atoms with van der Waals surface area (Å²) < 4.78 is 5.13. The average molecular weight is 293 g/mol. The van der Waals surface area contributed by atoms with Crippen LogP contribution in [0.5, 0.6) is 0 Å². The van der Waals surface area contributed by atoms with Crippen molar-refractivity contribution < 1.29 is 0 Å². The summed E-state index contributed by atoms with van der Waals surface area (Å²) in [5.41, 5.74) is 0. The molecule has 0 aliphatic heterocycles. The molecule has 0 heterocycles. The monoisotopic (exact) mass is 293 g/mol. The molecule has 0 N–H and O–H groups in total. The molecule has 0 aromatic heterocycles. The Labute approximate surface area is 118 Å². The summed E-state index contributed by atoms with van der Waals surface area (Å²) in [6.07, 6.45) is 2.21. The minimum absolute atomic E-state index is 1.07. The van der Waals surface area contributed by atoms with Gasteiger partial charge in [0.15, 0.2) is 0 Å². The van der Waals surface area contributed by atoms with Crippen molar-refractivity contribution in [2.45, 2.75) is 27.7 Å². The van der Waals surface area contributed by atoms with Crippen LogP contribution in [0.25, 0.3) is 0 Å². The van der Waals surface area contributed by atoms with Crippen LogP contribution in [-0.4, -0.2) is 66.8 Å². The first kappa shape index (κ1) is 18.2. The zero-order valence-corrected chi connectivity index (χ0v) is 14.8. The lowest BCUT2D eigenvalue weighted by molar-refractivity contribution is 0.422. The maximum Gasteiger partial charge on any atom is 0.259 e. The zero-order valence-electron chi connectivity index (χ0n) is 13.1. The van der Waals surface area contributed by atoms with Crippen molar-refractivity contribution in [2.75, 3.05) is 46.5 Å². The van der Waals surface area contributed by atoms with Crippen LogP contribution >= 0.6 is 18.1 Å². The summed E-state index contributed by atoms with van der Waals surface area (Å²) in [5, 5.41) is 6.44. The summed E-state index contributed by atoms with van der Waals surface area (Å²) in [7, 11) is 3.96. The third-order valence-corrected chi connectivity index (χ3v) is 9.95. The highest BCUT2D eigenvalue weighted by Crippen LogP contribution is 2.71. The summed E-state index contributed by atoms with van der Waals surface area (Å²) in [6.45, 7) is 11.7. The van der Waals surface area contributed by atoms with Crippen LogP contribution in [0.4, 0.5) is 0 Å². The third-order valence-electron chi connectivity index (χ3n) is 2.97. The molecule has 18 heavy (non-hydrogen) atoms. The maximum absolute atomic E-state index is 4.56. The first-order valence-electron chi connectivity index (χ1n) is 6.69. The molecule has 0 radical (unpaired) electrons. The Kier molecular flexibility index (Phi) is 9.22. The van der Waals surface area contributed by atoms with Gasteiger partial charge in [0.25, 0.3) is 6.77 Å². The molecule has 0 aromatic rings. The molecule has 6 heteroatoms. The maximum atomic E-state index is 4.56. The molecule has 0 aliphatic carbocycles. The Morgan fingerprint density at radius 2 is 1.33 bits per heavy atom. The van der Waals surface area contributed by atoms with Gasteiger partial charge >= 0.3 is 0 Å². The van der Waals surface area contributed by atoms with Gasteiger partial charge in [0.1, 0.15) is 0 Å². The predicted molar refractivity (Wildman–Crippen MR) is 88.5 cm³/mol. The van der Waals surface area contributed by atoms with Gasteiger partial charge in [-0.15, -0.1) is 14.4 Å². The van der Waals surface area contributed by atoms with Crippen molar-refractivity contribution in [3.63, 3.8) is 0 Å². The normalized spacial score (nSPS) is 12.9. The van der Waals surface area contributed by atoms with Crippen molar-refractivity contribution in [1.29, 1.82) is 0 Å². The quantitative estimate of drug-likeness (QED) is 0.369. The molecule has 0 saturated carbocycles. The van der Waals surface area contributed by atoms with Crippen molar-refractivity contribution in [3.8, 4) is 0 Å². The summed E-state index contributed by atoms with van der Waals surface area (Å²) in [5.74, 6) is 2.19. The lowest BCUT2D eigenvalue weighted by Crippen LogP contribution is -2.35. The standard InChI is InChI=1S/C12H30N4PS/c1-8-15(9-2)17(18-7,12-13-14(5)6)16(10-3)11-4/h12H,8-11H2,1-7H3/q+1/b13-12+. The molecule has 0 atom stereocenters. The first-order chi connectivity index (χ1) is 8.52. The lowest BCUT2D eigenvalue weighted by Gasteiger charge is -2.36. The van der Waals surface area contributed by atoms with Gasteiger partial charge < -0.3 is 0 Å². The minimum Gasteiger partial charge on any atom is -0.300 e. The first-order valence-corrected chi connectivity index (χ1v) is 10.3. The highest BCUT2D eigenvalue weighted by molar-refractivity contribution is 8.64. The lowest BCUT2D eigenvalue weighted by atomic mass is 10.7. The summed E-state index contributed by atoms with van der Waals surface area (Å²) in [4.78, 5) is 0. The van der Waals surface area contributed by atoms with Gasteiger partial charge in [-0.05, 0) is 27.7 Å². The smallest absolute Gasteiger partial charge is 0.259 e. The second-order valence-electron chi connectivity index (χ2n) is 4.13. The van der Waals surface area contributed by atoms with Gasteiger partial charge in [-0.3, -0.25) is 5.01 Å². The van der Waals surface area contributed by atoms with E-state index in [1.54, 1.807) is 0 Å². The van der Waals surface area contributed by atoms with Crippen LogP contribution in [0.15, 0.2) is 5.10 Å². The van der Waals surface area contributed by atoms with Gasteiger partial charge in [-0.1, -0.05) is 0 Å². The van der Waals surface area contributed by atoms with Crippen LogP contribution in [0.1, 0.15) is 27.7 Å². The highest BCUT2D eigenvalue weighted by Gasteiger charge is 2.48. The SMILES string of the molecule is CCN(CC)[P+](/C=N/N(C)C)(SC)N(CC)CC. The van der Waals surface area contributed by atoms with Crippen LogP contribution in [0.2, 0.25) is 0 Å². The fourth-order valence-electron chi connectivity index (χ4n) is 2.03. The number of rotatable bonds is 9. The van der Waals surface area contributed by atoms with E-state index in [-0.39, 0.29) is 0 Å². The number of nitrogens with zero attached hydrogens (tertiary/aromatic N) is 4. The van der Waals surface area contributed by atoms with Crippen LogP contribution in [-0.2, 0) is 0 Å². The third kappa shape index (κ3) is 4.37. The Morgan fingerprint density at radius 1 is 0.944 bits per heavy atom. The number of hydrazone groups is 1. The van der Waals surface area contributed by atoms with E-state index in [2.05, 4.69) is 54.3 Å². The van der Waals surface area contributed by atoms with Gasteiger partial charge in [0.2, 0.25) is 5.96 Å². The molecule has 0 aromatic carbocycles. The van der Waals surface area contributed by atoms with Crippen molar-refractivity contribution >= 4 is 24.1 Å². The Bertz CT molecular complexity index is 228. The zero-order chi connectivity index (χ0) is 14.2. The fourth-order valence-corrected chi connectivity index (χ4v) is 8.38. The van der Waals surface area contributed by atoms with Crippen molar-refractivity contribution in [1.82, 2.24) is 14.3 Å². The van der Waals surface area contributed by atoms with Gasteiger partial charge in [0.05, 0.1) is 11.4 Å². The van der Waals surface area contributed by atoms with Gasteiger partial charge in [0, 0.05) is 46.5 Å². The van der Waals surface area contributed by atoms with Gasteiger partial charge in [-0.2, -0.15) is 0 Å². The van der Waals surface area contributed by atoms with E-state index in [0.717, 1.165) is 26.2 Å². The van der Waals surface area contributed by atoms with Crippen LogP contribution < -0.4 is 0 Å². The molecule has 0 rings (SSSR count). The van der Waals surface area contributed by atoms with E-state index in [1.807, 2.05) is 30.5 Å². The van der Waals surface area contributed by atoms with Gasteiger partial charge in [-0.25, -0.2) is 0 Å². The largest absolute Gasteiger partial charge is 0.300 e. The molecule has 108 valence electrons. The van der Waals surface area contributed by atoms with Crippen molar-refractivity contribution in [3.05, 3.63) is 0 Å². The molecule has 0 bridgehead atoms. The topological polar surface area (TPSA) is 22.1 Å². The Hall–Kier alpha value is 0.170. The molecule has 0 unspecified atom stereocenters. The van der Waals surface area contributed by atoms with E-state index in [9.17, 15) is 0 Å². The van der Waals surface area contributed by atoms with E-state index in [0.29, 0.717) is 0 Å². The van der Waals surface area contributed by atoms with E-state index in [1.165, 1.54) is 0 Å². The van der Waals surface area contributed by atoms with E-state index < -0.39 is 6.77 Å². The minimum atomic E-state index is -1.50. The molecule has 0 amide bonds. The second kappa shape index (κ2) is 9.13. The van der Waals surface area contributed by atoms with Crippen molar-refractivity contribution in [2.24, 2.45) is 5.10 Å². The highest BCUT2D eigenvalue weighted by atomic mass is 32.7. The fraction of sp³-hybridized carbons (Fsp3) is 0.917. The van der Waals surface area contributed by atoms with Crippen LogP contribution in [0.3, 0.4) is 0 Å². The second-order valence-corrected chi connectivity index (χ2v) is 9.74. The van der Waals surface area contributed by atoms with E-state index >= 15 is 0 Å². The summed E-state index contributed by atoms with van der Waals surface area (Å²) in [6, 6.07) is 0. The Balaban J connectivity index is 5.43. The predicted octanol–water partition coefficient (Wildman–Crippen LogP) is 3.30. The average Bonchev–Trinajstić information content (AvgIpc) is 2.37. The molecular formula is C12H30N4PS+. The van der Waals surface area contributed by atoms with Crippen LogP contribution in [0, 0.1) is 0 Å². The molecule has 0 fully saturated rings. The molecule has 0 aliphatic rings. The molecule has 0 saturated heterocycles. The molecule has 0 spiro atoms. The number of hydrogen-bond acceptors (Lipinski definition) is 5. The molecular weight excluding hydrogens is 263 g/mol. The van der Waals surface area contributed by atoms with E-state index in [4.69, 9.17) is 0 Å². The summed E-state index contributed by atoms with van der Waals surface area (Å²) >= 11 is 1.96. The Morgan fingerprint density at radius 3 is 1.56 bits per heavy atom. The number of hydrogen-bond donors (Lipinski definition) is 0.